The molecule has 1 heterocycles. The maximum absolute atomic E-state index is 2.47. The Bertz CT molecular complexity index is 1300. The van der Waals surface area contributed by atoms with Crippen LogP contribution in [0.3, 0.4) is 0 Å². The molecule has 2 atom stereocenters. The molecule has 0 amide bonds. The first-order chi connectivity index (χ1) is 13.6. The van der Waals surface area contributed by atoms with Crippen molar-refractivity contribution < 1.29 is 0 Å². The Morgan fingerprint density at radius 1 is 0.821 bits per heavy atom. The molecule has 1 heteroatoms. The molecule has 0 saturated heterocycles. The molecule has 2 unspecified atom stereocenters. The minimum absolute atomic E-state index is 0.158. The minimum atomic E-state index is 0.158. The van der Waals surface area contributed by atoms with Crippen molar-refractivity contribution in [2.75, 3.05) is 0 Å². The fourth-order valence-corrected chi connectivity index (χ4v) is 6.56. The van der Waals surface area contributed by atoms with Crippen molar-refractivity contribution in [3.8, 4) is 11.1 Å². The Morgan fingerprint density at radius 3 is 2.57 bits per heavy atom. The van der Waals surface area contributed by atoms with Crippen LogP contribution in [0.1, 0.15) is 30.9 Å². The van der Waals surface area contributed by atoms with Crippen LogP contribution < -0.4 is 0 Å². The highest BCUT2D eigenvalue weighted by Gasteiger charge is 2.44. The molecule has 0 aliphatic heterocycles. The number of allylic oxidation sites excluding steroid dienone is 4. The highest BCUT2D eigenvalue weighted by molar-refractivity contribution is 7.26. The first-order valence-electron chi connectivity index (χ1n) is 10.0. The number of fused-ring (bicyclic) bond motifs is 6. The quantitative estimate of drug-likeness (QED) is 0.316. The molecule has 0 nitrogen and oxygen atoms in total. The lowest BCUT2D eigenvalue weighted by Crippen LogP contribution is -2.24. The van der Waals surface area contributed by atoms with E-state index in [0.717, 1.165) is 0 Å². The second-order valence-electron chi connectivity index (χ2n) is 8.63. The smallest absolute Gasteiger partial charge is 0.0433 e. The monoisotopic (exact) mass is 378 g/mol. The van der Waals surface area contributed by atoms with Crippen molar-refractivity contribution in [3.63, 3.8) is 0 Å². The minimum Gasteiger partial charge on any atom is -0.135 e. The Balaban J connectivity index is 1.58. The lowest BCUT2D eigenvalue weighted by Gasteiger charge is -2.29. The van der Waals surface area contributed by atoms with Gasteiger partial charge in [-0.15, -0.1) is 11.3 Å². The molecule has 2 aliphatic rings. The fourth-order valence-electron chi connectivity index (χ4n) is 5.32. The second-order valence-corrected chi connectivity index (χ2v) is 9.68. The van der Waals surface area contributed by atoms with Crippen LogP contribution in [0.25, 0.3) is 31.3 Å². The molecule has 0 radical (unpaired) electrons. The number of rotatable bonds is 1. The van der Waals surface area contributed by atoms with E-state index in [1.807, 2.05) is 11.3 Å². The number of thiophene rings is 1. The van der Waals surface area contributed by atoms with E-state index in [0.29, 0.717) is 11.8 Å². The molecule has 0 saturated carbocycles. The van der Waals surface area contributed by atoms with Gasteiger partial charge < -0.3 is 0 Å². The molecular weight excluding hydrogens is 356 g/mol. The van der Waals surface area contributed by atoms with Gasteiger partial charge >= 0.3 is 0 Å². The number of hydrogen-bond donors (Lipinski definition) is 0. The van der Waals surface area contributed by atoms with E-state index in [-0.39, 0.29) is 5.41 Å². The topological polar surface area (TPSA) is 0 Å². The molecular formula is C27H22S. The van der Waals surface area contributed by atoms with Crippen LogP contribution in [-0.4, -0.2) is 0 Å². The van der Waals surface area contributed by atoms with Crippen LogP contribution in [0.4, 0.5) is 0 Å². The van der Waals surface area contributed by atoms with Gasteiger partial charge in [0.2, 0.25) is 0 Å². The Kier molecular flexibility index (Phi) is 3.31. The van der Waals surface area contributed by atoms with Crippen LogP contribution in [-0.2, 0) is 5.41 Å². The first-order valence-corrected chi connectivity index (χ1v) is 10.9. The summed E-state index contributed by atoms with van der Waals surface area (Å²) < 4.78 is 2.77. The predicted octanol–water partition coefficient (Wildman–Crippen LogP) is 7.84. The third-order valence-electron chi connectivity index (χ3n) is 6.79. The summed E-state index contributed by atoms with van der Waals surface area (Å²) in [5.74, 6) is 1.08. The van der Waals surface area contributed by atoms with Gasteiger partial charge in [0, 0.05) is 26.1 Å². The molecule has 0 fully saturated rings. The Labute approximate surface area is 169 Å². The van der Waals surface area contributed by atoms with Crippen molar-refractivity contribution in [2.24, 2.45) is 5.92 Å². The highest BCUT2D eigenvalue weighted by Crippen LogP contribution is 2.53. The van der Waals surface area contributed by atoms with Crippen molar-refractivity contribution in [1.29, 1.82) is 0 Å². The van der Waals surface area contributed by atoms with Crippen molar-refractivity contribution >= 4 is 31.5 Å². The summed E-state index contributed by atoms with van der Waals surface area (Å²) in [6.45, 7) is 4.81. The lowest BCUT2D eigenvalue weighted by molar-refractivity contribution is 0.394. The van der Waals surface area contributed by atoms with E-state index in [1.54, 1.807) is 0 Å². The van der Waals surface area contributed by atoms with Crippen molar-refractivity contribution in [1.82, 2.24) is 0 Å². The van der Waals surface area contributed by atoms with Gasteiger partial charge in [0.15, 0.2) is 0 Å². The van der Waals surface area contributed by atoms with Crippen LogP contribution in [0.5, 0.6) is 0 Å². The van der Waals surface area contributed by atoms with Gasteiger partial charge in [-0.3, -0.25) is 0 Å². The van der Waals surface area contributed by atoms with Crippen LogP contribution >= 0.6 is 11.3 Å². The van der Waals surface area contributed by atoms with Gasteiger partial charge in [-0.2, -0.15) is 0 Å². The van der Waals surface area contributed by atoms with E-state index in [9.17, 15) is 0 Å². The van der Waals surface area contributed by atoms with E-state index in [4.69, 9.17) is 0 Å². The van der Waals surface area contributed by atoms with Gasteiger partial charge in [-0.05, 0) is 39.7 Å². The summed E-state index contributed by atoms with van der Waals surface area (Å²) in [4.78, 5) is 0. The number of benzene rings is 3. The molecule has 3 aromatic carbocycles. The average molecular weight is 379 g/mol. The zero-order valence-electron chi connectivity index (χ0n) is 16.1. The molecule has 28 heavy (non-hydrogen) atoms. The van der Waals surface area contributed by atoms with E-state index >= 15 is 0 Å². The summed E-state index contributed by atoms with van der Waals surface area (Å²) >= 11 is 1.91. The summed E-state index contributed by atoms with van der Waals surface area (Å²) in [6.07, 6.45) is 9.20. The summed E-state index contributed by atoms with van der Waals surface area (Å²) in [5, 5.41) is 2.74. The largest absolute Gasteiger partial charge is 0.135 e. The molecule has 0 bridgehead atoms. The predicted molar refractivity (Wildman–Crippen MR) is 122 cm³/mol. The Hall–Kier alpha value is -2.64. The third kappa shape index (κ3) is 2.11. The fraction of sp³-hybridized carbons (Fsp3) is 0.185. The molecule has 4 aromatic rings. The maximum Gasteiger partial charge on any atom is 0.0433 e. The average Bonchev–Trinajstić information content (AvgIpc) is 3.22. The normalized spacial score (nSPS) is 21.9. The first kappa shape index (κ1) is 16.3. The summed E-state index contributed by atoms with van der Waals surface area (Å²) in [5.41, 5.74) is 5.87. The van der Waals surface area contributed by atoms with E-state index in [1.165, 1.54) is 42.4 Å². The van der Waals surface area contributed by atoms with Crippen molar-refractivity contribution in [3.05, 3.63) is 96.1 Å². The van der Waals surface area contributed by atoms with Crippen LogP contribution in [0.15, 0.2) is 85.0 Å². The van der Waals surface area contributed by atoms with Crippen LogP contribution in [0.2, 0.25) is 0 Å². The standard InChI is InChI=1S/C27H22S/c1-27(2)23-12-5-3-8-19(23)20-15-14-17(16-24(20)27)18-10-7-11-22-21-9-4-6-13-25(21)28-26(18)22/h3-16,19,23H,1-2H3. The number of hydrogen-bond acceptors (Lipinski definition) is 1. The molecule has 6 rings (SSSR count). The van der Waals surface area contributed by atoms with Crippen LogP contribution in [0, 0.1) is 5.92 Å². The van der Waals surface area contributed by atoms with Gasteiger partial charge in [0.25, 0.3) is 0 Å². The SMILES string of the molecule is CC1(C)c2cc(-c3cccc4c3sc3ccccc34)ccc2C2C=CC=CC21. The Morgan fingerprint density at radius 2 is 1.64 bits per heavy atom. The highest BCUT2D eigenvalue weighted by atomic mass is 32.1. The molecule has 0 spiro atoms. The molecule has 136 valence electrons. The van der Waals surface area contributed by atoms with E-state index < -0.39 is 0 Å². The summed E-state index contributed by atoms with van der Waals surface area (Å²) in [6, 6.07) is 22.7. The molecule has 0 N–H and O–H groups in total. The lowest BCUT2D eigenvalue weighted by atomic mass is 9.74. The molecule has 2 aliphatic carbocycles. The van der Waals surface area contributed by atoms with Gasteiger partial charge in [0.05, 0.1) is 0 Å². The zero-order chi connectivity index (χ0) is 18.9. The van der Waals surface area contributed by atoms with Gasteiger partial charge in [0.1, 0.15) is 0 Å². The second kappa shape index (κ2) is 5.68. The summed E-state index contributed by atoms with van der Waals surface area (Å²) in [7, 11) is 0. The molecule has 1 aromatic heterocycles. The van der Waals surface area contributed by atoms with Crippen molar-refractivity contribution in [2.45, 2.75) is 25.2 Å². The zero-order valence-corrected chi connectivity index (χ0v) is 17.0. The van der Waals surface area contributed by atoms with Gasteiger partial charge in [-0.25, -0.2) is 0 Å². The third-order valence-corrected chi connectivity index (χ3v) is 8.01. The van der Waals surface area contributed by atoms with E-state index in [2.05, 4.69) is 98.8 Å². The maximum atomic E-state index is 2.47. The van der Waals surface area contributed by atoms with Gasteiger partial charge in [-0.1, -0.05) is 92.7 Å².